The molecule has 4 bridgehead atoms. The van der Waals surface area contributed by atoms with Crippen LogP contribution in [-0.2, 0) is 0 Å². The molecule has 0 amide bonds. The Morgan fingerprint density at radius 1 is 0.737 bits per heavy atom. The first-order valence-corrected chi connectivity index (χ1v) is 9.01. The first-order chi connectivity index (χ1) is 9.31. The van der Waals surface area contributed by atoms with E-state index in [1.165, 1.54) is 38.5 Å². The Kier molecular flexibility index (Phi) is 3.17. The van der Waals surface area contributed by atoms with Gasteiger partial charge in [0.2, 0.25) is 0 Å². The third-order valence-corrected chi connectivity index (χ3v) is 7.44. The fourth-order valence-electron chi connectivity index (χ4n) is 7.03. The highest BCUT2D eigenvalue weighted by Gasteiger charge is 2.54. The molecular formula is C18H31N. The topological polar surface area (TPSA) is 26.0 Å². The summed E-state index contributed by atoms with van der Waals surface area (Å²) in [6.07, 6.45) is 16.6. The number of hydrogen-bond acceptors (Lipinski definition) is 1. The lowest BCUT2D eigenvalue weighted by molar-refractivity contribution is -0.0993. The van der Waals surface area contributed by atoms with Crippen molar-refractivity contribution in [1.82, 2.24) is 0 Å². The van der Waals surface area contributed by atoms with E-state index in [0.717, 1.165) is 36.1 Å². The summed E-state index contributed by atoms with van der Waals surface area (Å²) in [4.78, 5) is 0. The molecule has 5 aliphatic rings. The van der Waals surface area contributed by atoms with E-state index in [-0.39, 0.29) is 0 Å². The summed E-state index contributed by atoms with van der Waals surface area (Å²) in [5.41, 5.74) is 6.94. The van der Waals surface area contributed by atoms with Crippen LogP contribution in [0.4, 0.5) is 0 Å². The molecule has 0 aliphatic heterocycles. The van der Waals surface area contributed by atoms with Crippen LogP contribution in [0.15, 0.2) is 0 Å². The van der Waals surface area contributed by atoms with Gasteiger partial charge in [0.15, 0.2) is 0 Å². The van der Waals surface area contributed by atoms with Crippen molar-refractivity contribution in [3.05, 3.63) is 0 Å². The van der Waals surface area contributed by atoms with E-state index in [4.69, 9.17) is 5.73 Å². The van der Waals surface area contributed by atoms with Gasteiger partial charge in [-0.1, -0.05) is 25.7 Å². The minimum Gasteiger partial charge on any atom is -0.330 e. The highest BCUT2D eigenvalue weighted by molar-refractivity contribution is 5.05. The number of rotatable bonds is 2. The van der Waals surface area contributed by atoms with Crippen molar-refractivity contribution in [1.29, 1.82) is 0 Å². The summed E-state index contributed by atoms with van der Waals surface area (Å²) in [6.45, 7) is 0.986. The predicted octanol–water partition coefficient (Wildman–Crippen LogP) is 4.36. The van der Waals surface area contributed by atoms with Crippen molar-refractivity contribution >= 4 is 0 Å². The van der Waals surface area contributed by atoms with Gasteiger partial charge in [-0.05, 0) is 86.5 Å². The zero-order valence-corrected chi connectivity index (χ0v) is 12.4. The fraction of sp³-hybridized carbons (Fsp3) is 1.00. The van der Waals surface area contributed by atoms with Crippen LogP contribution in [-0.4, -0.2) is 6.54 Å². The van der Waals surface area contributed by atoms with E-state index < -0.39 is 0 Å². The van der Waals surface area contributed by atoms with Crippen molar-refractivity contribution < 1.29 is 0 Å². The second-order valence-electron chi connectivity index (χ2n) is 8.44. The van der Waals surface area contributed by atoms with Crippen LogP contribution in [0.2, 0.25) is 0 Å². The molecule has 0 spiro atoms. The third kappa shape index (κ3) is 1.99. The zero-order valence-electron chi connectivity index (χ0n) is 12.4. The van der Waals surface area contributed by atoms with Gasteiger partial charge in [-0.25, -0.2) is 0 Å². The Bertz CT molecular complexity index is 299. The van der Waals surface area contributed by atoms with Gasteiger partial charge in [-0.15, -0.1) is 0 Å². The Morgan fingerprint density at radius 2 is 1.26 bits per heavy atom. The second-order valence-corrected chi connectivity index (χ2v) is 8.44. The van der Waals surface area contributed by atoms with Crippen LogP contribution in [0, 0.1) is 35.0 Å². The highest BCUT2D eigenvalue weighted by atomic mass is 14.7. The molecule has 5 fully saturated rings. The van der Waals surface area contributed by atoms with E-state index >= 15 is 0 Å². The maximum absolute atomic E-state index is 6.39. The highest BCUT2D eigenvalue weighted by Crippen LogP contribution is 2.62. The molecule has 5 rings (SSSR count). The van der Waals surface area contributed by atoms with Gasteiger partial charge in [0, 0.05) is 0 Å². The van der Waals surface area contributed by atoms with Crippen LogP contribution < -0.4 is 5.73 Å². The molecule has 0 saturated heterocycles. The van der Waals surface area contributed by atoms with Gasteiger partial charge >= 0.3 is 0 Å². The van der Waals surface area contributed by atoms with Crippen molar-refractivity contribution in [3.63, 3.8) is 0 Å². The zero-order chi connectivity index (χ0) is 12.9. The minimum atomic E-state index is 0.555. The molecule has 1 heteroatoms. The molecule has 0 heterocycles. The summed E-state index contributed by atoms with van der Waals surface area (Å²) in [5.74, 6) is 5.37. The Hall–Kier alpha value is -0.0400. The van der Waals surface area contributed by atoms with Gasteiger partial charge in [-0.3, -0.25) is 0 Å². The lowest BCUT2D eigenvalue weighted by Gasteiger charge is -2.60. The molecule has 0 aromatic rings. The van der Waals surface area contributed by atoms with Crippen LogP contribution >= 0.6 is 0 Å². The smallest absolute Gasteiger partial charge is 0.00177 e. The number of nitrogens with two attached hydrogens (primary N) is 1. The quantitative estimate of drug-likeness (QED) is 0.734. The van der Waals surface area contributed by atoms with Gasteiger partial charge in [0.1, 0.15) is 0 Å². The van der Waals surface area contributed by atoms with Crippen LogP contribution in [0.3, 0.4) is 0 Å². The average Bonchev–Trinajstić information content (AvgIpc) is 2.64. The summed E-state index contributed by atoms with van der Waals surface area (Å²) < 4.78 is 0. The fourth-order valence-corrected chi connectivity index (χ4v) is 7.03. The van der Waals surface area contributed by atoms with Crippen LogP contribution in [0.25, 0.3) is 0 Å². The van der Waals surface area contributed by atoms with Gasteiger partial charge in [0.25, 0.3) is 0 Å². The number of hydrogen-bond donors (Lipinski definition) is 1. The molecule has 0 aromatic heterocycles. The predicted molar refractivity (Wildman–Crippen MR) is 79.7 cm³/mol. The van der Waals surface area contributed by atoms with Gasteiger partial charge in [0.05, 0.1) is 0 Å². The van der Waals surface area contributed by atoms with E-state index in [1.807, 2.05) is 0 Å². The lowest BCUT2D eigenvalue weighted by atomic mass is 9.45. The van der Waals surface area contributed by atoms with Crippen molar-refractivity contribution in [3.8, 4) is 0 Å². The molecule has 0 unspecified atom stereocenters. The SMILES string of the molecule is NCC1(C2C3CC4CC(C3)CC2C4)CCCCCC1. The van der Waals surface area contributed by atoms with Crippen molar-refractivity contribution in [2.75, 3.05) is 6.54 Å². The lowest BCUT2D eigenvalue weighted by Crippen LogP contribution is -2.54. The second kappa shape index (κ2) is 4.76. The summed E-state index contributed by atoms with van der Waals surface area (Å²) >= 11 is 0. The van der Waals surface area contributed by atoms with E-state index in [0.29, 0.717) is 5.41 Å². The summed E-state index contributed by atoms with van der Waals surface area (Å²) in [5, 5.41) is 0. The molecule has 0 aromatic carbocycles. The maximum Gasteiger partial charge on any atom is -0.00177 e. The largest absolute Gasteiger partial charge is 0.330 e. The molecule has 5 saturated carbocycles. The molecule has 1 nitrogen and oxygen atoms in total. The van der Waals surface area contributed by atoms with Crippen molar-refractivity contribution in [2.24, 2.45) is 40.7 Å². The first-order valence-electron chi connectivity index (χ1n) is 9.01. The monoisotopic (exact) mass is 261 g/mol. The third-order valence-electron chi connectivity index (χ3n) is 7.44. The molecule has 0 radical (unpaired) electrons. The van der Waals surface area contributed by atoms with Crippen molar-refractivity contribution in [2.45, 2.75) is 70.6 Å². The van der Waals surface area contributed by atoms with Gasteiger partial charge in [-0.2, -0.15) is 0 Å². The minimum absolute atomic E-state index is 0.555. The molecule has 108 valence electrons. The van der Waals surface area contributed by atoms with E-state index in [1.54, 1.807) is 32.1 Å². The van der Waals surface area contributed by atoms with Crippen LogP contribution in [0.1, 0.15) is 70.6 Å². The summed E-state index contributed by atoms with van der Waals surface area (Å²) in [6, 6.07) is 0. The maximum atomic E-state index is 6.39. The Labute approximate surface area is 118 Å². The normalized spacial score (nSPS) is 48.2. The average molecular weight is 261 g/mol. The molecule has 2 N–H and O–H groups in total. The molecule has 5 aliphatic carbocycles. The first kappa shape index (κ1) is 12.7. The van der Waals surface area contributed by atoms with E-state index in [2.05, 4.69) is 0 Å². The molecule has 19 heavy (non-hydrogen) atoms. The Morgan fingerprint density at radius 3 is 1.74 bits per heavy atom. The summed E-state index contributed by atoms with van der Waals surface area (Å²) in [7, 11) is 0. The Balaban J connectivity index is 1.62. The van der Waals surface area contributed by atoms with E-state index in [9.17, 15) is 0 Å². The van der Waals surface area contributed by atoms with Gasteiger partial charge < -0.3 is 5.73 Å². The van der Waals surface area contributed by atoms with Crippen LogP contribution in [0.5, 0.6) is 0 Å². The molecule has 0 atom stereocenters. The standard InChI is InChI=1S/C18H31N/c19-12-18(5-3-1-2-4-6-18)17-15-8-13-7-14(10-15)11-16(17)9-13/h13-17H,1-12,19H2. The molecular weight excluding hydrogens is 230 g/mol.